The summed E-state index contributed by atoms with van der Waals surface area (Å²) in [6, 6.07) is 13.5. The molecule has 0 saturated heterocycles. The second-order valence-corrected chi connectivity index (χ2v) is 6.78. The molecule has 0 radical (unpaired) electrons. The lowest BCUT2D eigenvalue weighted by Crippen LogP contribution is -2.16. The topological polar surface area (TPSA) is 66.9 Å². The number of carbonyl (C=O) groups is 1. The van der Waals surface area contributed by atoms with Crippen LogP contribution in [0.1, 0.15) is 27.4 Å². The van der Waals surface area contributed by atoms with Crippen molar-refractivity contribution in [2.24, 2.45) is 0 Å². The van der Waals surface area contributed by atoms with E-state index < -0.39 is 0 Å². The molecule has 0 aliphatic heterocycles. The van der Waals surface area contributed by atoms with Crippen molar-refractivity contribution in [2.75, 3.05) is 17.2 Å². The van der Waals surface area contributed by atoms with Gasteiger partial charge in [0, 0.05) is 23.3 Å². The van der Waals surface area contributed by atoms with Crippen LogP contribution in [0.25, 0.3) is 0 Å². The second kappa shape index (κ2) is 8.80. The van der Waals surface area contributed by atoms with E-state index in [-0.39, 0.29) is 17.4 Å². The Balaban J connectivity index is 1.67. The summed E-state index contributed by atoms with van der Waals surface area (Å²) in [4.78, 5) is 21.0. The summed E-state index contributed by atoms with van der Waals surface area (Å²) in [5.74, 6) is 0.376. The van der Waals surface area contributed by atoms with E-state index >= 15 is 0 Å². The maximum atomic E-state index is 13.7. The quantitative estimate of drug-likeness (QED) is 0.626. The number of amides is 1. The molecule has 0 aliphatic carbocycles. The van der Waals surface area contributed by atoms with E-state index in [2.05, 4.69) is 20.6 Å². The molecule has 0 fully saturated rings. The average Bonchev–Trinajstić information content (AvgIpc) is 2.66. The van der Waals surface area contributed by atoms with E-state index in [1.165, 1.54) is 6.07 Å². The molecule has 28 heavy (non-hydrogen) atoms. The zero-order chi connectivity index (χ0) is 20.1. The number of nitrogens with one attached hydrogen (secondary N) is 2. The Morgan fingerprint density at radius 1 is 1.11 bits per heavy atom. The van der Waals surface area contributed by atoms with Crippen molar-refractivity contribution in [1.29, 1.82) is 0 Å². The van der Waals surface area contributed by atoms with Gasteiger partial charge in [-0.05, 0) is 49.6 Å². The minimum Gasteiger partial charge on any atom is -0.370 e. The Hall–Kier alpha value is -2.99. The third-order valence-corrected chi connectivity index (χ3v) is 4.57. The summed E-state index contributed by atoms with van der Waals surface area (Å²) < 4.78 is 13.7. The van der Waals surface area contributed by atoms with E-state index in [4.69, 9.17) is 11.6 Å². The molecule has 7 heteroatoms. The molecule has 0 atom stereocenters. The SMILES string of the molecule is Cc1nc(NCCc2ccccc2F)cc(C(=O)Nc2ccc(C)c(Cl)c2)n1. The Morgan fingerprint density at radius 3 is 2.64 bits per heavy atom. The van der Waals surface area contributed by atoms with Gasteiger partial charge in [-0.1, -0.05) is 35.9 Å². The molecular weight excluding hydrogens is 379 g/mol. The average molecular weight is 399 g/mol. The molecule has 1 aromatic heterocycles. The van der Waals surface area contributed by atoms with Gasteiger partial charge in [0.15, 0.2) is 0 Å². The van der Waals surface area contributed by atoms with Crippen LogP contribution in [0.2, 0.25) is 5.02 Å². The number of benzene rings is 2. The largest absolute Gasteiger partial charge is 0.370 e. The van der Waals surface area contributed by atoms with Gasteiger partial charge in [-0.3, -0.25) is 4.79 Å². The highest BCUT2D eigenvalue weighted by molar-refractivity contribution is 6.31. The Morgan fingerprint density at radius 2 is 1.89 bits per heavy atom. The molecule has 5 nitrogen and oxygen atoms in total. The van der Waals surface area contributed by atoms with Crippen molar-refractivity contribution in [3.63, 3.8) is 0 Å². The summed E-state index contributed by atoms with van der Waals surface area (Å²) in [6.07, 6.45) is 0.499. The molecule has 0 bridgehead atoms. The highest BCUT2D eigenvalue weighted by atomic mass is 35.5. The highest BCUT2D eigenvalue weighted by Gasteiger charge is 2.12. The molecule has 2 aromatic carbocycles. The van der Waals surface area contributed by atoms with Gasteiger partial charge in [0.25, 0.3) is 5.91 Å². The lowest BCUT2D eigenvalue weighted by atomic mass is 10.1. The number of hydrogen-bond acceptors (Lipinski definition) is 4. The minimum absolute atomic E-state index is 0.234. The Kier molecular flexibility index (Phi) is 6.21. The van der Waals surface area contributed by atoms with Crippen molar-refractivity contribution >= 4 is 29.0 Å². The monoisotopic (exact) mass is 398 g/mol. The highest BCUT2D eigenvalue weighted by Crippen LogP contribution is 2.20. The van der Waals surface area contributed by atoms with Crippen molar-refractivity contribution < 1.29 is 9.18 Å². The lowest BCUT2D eigenvalue weighted by Gasteiger charge is -2.10. The van der Waals surface area contributed by atoms with E-state index in [1.807, 2.05) is 13.0 Å². The maximum Gasteiger partial charge on any atom is 0.274 e. The standard InChI is InChI=1S/C21H20ClFN4O/c1-13-7-8-16(11-17(13)22)27-21(28)19-12-20(26-14(2)25-19)24-10-9-15-5-3-4-6-18(15)23/h3-8,11-12H,9-10H2,1-2H3,(H,27,28)(H,24,25,26). The molecule has 1 amide bonds. The summed E-state index contributed by atoms with van der Waals surface area (Å²) >= 11 is 6.10. The molecular formula is C21H20ClFN4O. The van der Waals surface area contributed by atoms with Crippen LogP contribution >= 0.6 is 11.6 Å². The second-order valence-electron chi connectivity index (χ2n) is 6.37. The lowest BCUT2D eigenvalue weighted by molar-refractivity contribution is 0.102. The minimum atomic E-state index is -0.359. The fourth-order valence-corrected chi connectivity index (χ4v) is 2.85. The molecule has 0 aliphatic rings. The van der Waals surface area contributed by atoms with Gasteiger partial charge < -0.3 is 10.6 Å². The van der Waals surface area contributed by atoms with Crippen LogP contribution in [0, 0.1) is 19.7 Å². The molecule has 1 heterocycles. The summed E-state index contributed by atoms with van der Waals surface area (Å²) in [5.41, 5.74) is 2.37. The number of carbonyl (C=O) groups excluding carboxylic acids is 1. The molecule has 3 rings (SSSR count). The number of halogens is 2. The molecule has 2 N–H and O–H groups in total. The number of anilines is 2. The van der Waals surface area contributed by atoms with Gasteiger partial charge in [0.2, 0.25) is 0 Å². The van der Waals surface area contributed by atoms with Gasteiger partial charge in [-0.15, -0.1) is 0 Å². The van der Waals surface area contributed by atoms with E-state index in [9.17, 15) is 9.18 Å². The number of hydrogen-bond donors (Lipinski definition) is 2. The number of aromatic nitrogens is 2. The number of aryl methyl sites for hydroxylation is 2. The molecule has 144 valence electrons. The van der Waals surface area contributed by atoms with Gasteiger partial charge in [0.1, 0.15) is 23.2 Å². The summed E-state index contributed by atoms with van der Waals surface area (Å²) in [5, 5.41) is 6.47. The zero-order valence-electron chi connectivity index (χ0n) is 15.6. The van der Waals surface area contributed by atoms with Gasteiger partial charge in [0.05, 0.1) is 0 Å². The van der Waals surface area contributed by atoms with Crippen LogP contribution in [0.15, 0.2) is 48.5 Å². The van der Waals surface area contributed by atoms with Crippen molar-refractivity contribution in [3.8, 4) is 0 Å². The van der Waals surface area contributed by atoms with Crippen LogP contribution in [0.4, 0.5) is 15.9 Å². The van der Waals surface area contributed by atoms with Gasteiger partial charge >= 0.3 is 0 Å². The van der Waals surface area contributed by atoms with Crippen molar-refractivity contribution in [1.82, 2.24) is 9.97 Å². The first-order valence-electron chi connectivity index (χ1n) is 8.83. The fourth-order valence-electron chi connectivity index (χ4n) is 2.67. The van der Waals surface area contributed by atoms with Crippen LogP contribution < -0.4 is 10.6 Å². The molecule has 3 aromatic rings. The van der Waals surface area contributed by atoms with Crippen molar-refractivity contribution in [2.45, 2.75) is 20.3 Å². The van der Waals surface area contributed by atoms with E-state index in [0.717, 1.165) is 5.56 Å². The number of rotatable bonds is 6. The first-order chi connectivity index (χ1) is 13.4. The van der Waals surface area contributed by atoms with Crippen LogP contribution in [0.3, 0.4) is 0 Å². The maximum absolute atomic E-state index is 13.7. The smallest absolute Gasteiger partial charge is 0.274 e. The molecule has 0 saturated carbocycles. The van der Waals surface area contributed by atoms with Crippen LogP contribution in [-0.2, 0) is 6.42 Å². The first kappa shape index (κ1) is 19.8. The summed E-state index contributed by atoms with van der Waals surface area (Å²) in [6.45, 7) is 4.08. The van der Waals surface area contributed by atoms with Crippen molar-refractivity contribution in [3.05, 3.63) is 82.0 Å². The van der Waals surface area contributed by atoms with E-state index in [0.29, 0.717) is 40.9 Å². The molecule has 0 unspecified atom stereocenters. The first-order valence-corrected chi connectivity index (χ1v) is 9.20. The normalized spacial score (nSPS) is 10.6. The van der Waals surface area contributed by atoms with Crippen LogP contribution in [-0.4, -0.2) is 22.4 Å². The number of nitrogens with zero attached hydrogens (tertiary/aromatic N) is 2. The predicted octanol–water partition coefficient (Wildman–Crippen LogP) is 4.79. The predicted molar refractivity (Wildman–Crippen MR) is 110 cm³/mol. The zero-order valence-corrected chi connectivity index (χ0v) is 16.3. The summed E-state index contributed by atoms with van der Waals surface area (Å²) in [7, 11) is 0. The fraction of sp³-hybridized carbons (Fsp3) is 0.190. The van der Waals surface area contributed by atoms with Crippen LogP contribution in [0.5, 0.6) is 0 Å². The molecule has 0 spiro atoms. The van der Waals surface area contributed by atoms with E-state index in [1.54, 1.807) is 43.3 Å². The third kappa shape index (κ3) is 5.04. The Bertz CT molecular complexity index is 1010. The van der Waals surface area contributed by atoms with Gasteiger partial charge in [-0.25, -0.2) is 14.4 Å². The van der Waals surface area contributed by atoms with Gasteiger partial charge in [-0.2, -0.15) is 0 Å². The third-order valence-electron chi connectivity index (χ3n) is 4.16. The Labute approximate surface area is 168 Å².